The Morgan fingerprint density at radius 3 is 2.03 bits per heavy atom. The summed E-state index contributed by atoms with van der Waals surface area (Å²) in [5, 5.41) is 20.3. The molecule has 29 heavy (non-hydrogen) atoms. The van der Waals surface area contributed by atoms with Gasteiger partial charge in [-0.25, -0.2) is 0 Å². The van der Waals surface area contributed by atoms with E-state index in [1.54, 1.807) is 0 Å². The van der Waals surface area contributed by atoms with Gasteiger partial charge in [0.15, 0.2) is 4.75 Å². The zero-order valence-corrected chi connectivity index (χ0v) is 18.1. The number of aromatic hydroxyl groups is 2. The standard InChI is InChI=1S/C19H12Cl4O5S/c20-11-3-1-2-10(8-11)19(29(26,27)28,13-9-12(21)4-6-15(13)24)17-14(22)5-7-16(25)18(17)23/h1-9,24-25H,(H,26,27,28). The maximum absolute atomic E-state index is 13.0. The summed E-state index contributed by atoms with van der Waals surface area (Å²) in [6.45, 7) is 0. The molecule has 0 aromatic heterocycles. The molecular formula is C19H12Cl4O5S. The molecule has 5 nitrogen and oxygen atoms in total. The number of benzene rings is 3. The van der Waals surface area contributed by atoms with Crippen LogP contribution in [0.4, 0.5) is 0 Å². The first-order valence-electron chi connectivity index (χ1n) is 7.89. The lowest BCUT2D eigenvalue weighted by molar-refractivity contribution is 0.439. The van der Waals surface area contributed by atoms with Crippen LogP contribution in [0.5, 0.6) is 11.5 Å². The Hall–Kier alpha value is -1.67. The number of phenolic OH excluding ortho intramolecular Hbond substituents is 2. The van der Waals surface area contributed by atoms with E-state index in [2.05, 4.69) is 0 Å². The second-order valence-corrected chi connectivity index (χ2v) is 9.30. The summed E-state index contributed by atoms with van der Waals surface area (Å²) < 4.78 is 34.0. The zero-order chi connectivity index (χ0) is 21.6. The second-order valence-electron chi connectivity index (χ2n) is 6.08. The van der Waals surface area contributed by atoms with Crippen molar-refractivity contribution in [2.24, 2.45) is 0 Å². The van der Waals surface area contributed by atoms with Crippen molar-refractivity contribution >= 4 is 56.5 Å². The highest BCUT2D eigenvalue weighted by atomic mass is 35.5. The van der Waals surface area contributed by atoms with Crippen LogP contribution < -0.4 is 0 Å². The van der Waals surface area contributed by atoms with Crippen molar-refractivity contribution in [3.63, 3.8) is 0 Å². The molecule has 3 N–H and O–H groups in total. The Labute approximate surface area is 186 Å². The fourth-order valence-corrected chi connectivity index (χ4v) is 5.68. The van der Waals surface area contributed by atoms with Crippen molar-refractivity contribution in [1.29, 1.82) is 0 Å². The Morgan fingerprint density at radius 1 is 0.793 bits per heavy atom. The van der Waals surface area contributed by atoms with Gasteiger partial charge >= 0.3 is 0 Å². The molecule has 152 valence electrons. The molecular weight excluding hydrogens is 482 g/mol. The van der Waals surface area contributed by atoms with Crippen LogP contribution in [0.3, 0.4) is 0 Å². The number of hydrogen-bond donors (Lipinski definition) is 3. The minimum absolute atomic E-state index is 0.0697. The Balaban J connectivity index is 2.68. The van der Waals surface area contributed by atoms with Crippen LogP contribution in [0, 0.1) is 0 Å². The van der Waals surface area contributed by atoms with Crippen molar-refractivity contribution < 1.29 is 23.2 Å². The van der Waals surface area contributed by atoms with Crippen LogP contribution in [0.1, 0.15) is 16.7 Å². The Morgan fingerprint density at radius 2 is 1.41 bits per heavy atom. The highest BCUT2D eigenvalue weighted by Crippen LogP contribution is 2.53. The minimum Gasteiger partial charge on any atom is -0.508 e. The van der Waals surface area contributed by atoms with Gasteiger partial charge in [-0.05, 0) is 48.0 Å². The summed E-state index contributed by atoms with van der Waals surface area (Å²) in [7, 11) is -5.16. The summed E-state index contributed by atoms with van der Waals surface area (Å²) in [6.07, 6.45) is 0. The van der Waals surface area contributed by atoms with E-state index < -0.39 is 31.4 Å². The third-order valence-electron chi connectivity index (χ3n) is 4.38. The normalized spacial score (nSPS) is 13.8. The quantitative estimate of drug-likeness (QED) is 0.311. The average Bonchev–Trinajstić information content (AvgIpc) is 2.63. The molecule has 0 spiro atoms. The van der Waals surface area contributed by atoms with Crippen molar-refractivity contribution in [3.8, 4) is 11.5 Å². The molecule has 0 aliphatic carbocycles. The highest BCUT2D eigenvalue weighted by molar-refractivity contribution is 7.87. The van der Waals surface area contributed by atoms with Crippen molar-refractivity contribution in [3.05, 3.63) is 91.4 Å². The Bertz CT molecular complexity index is 1210. The monoisotopic (exact) mass is 492 g/mol. The average molecular weight is 494 g/mol. The molecule has 3 rings (SSSR count). The first-order chi connectivity index (χ1) is 13.5. The zero-order valence-electron chi connectivity index (χ0n) is 14.3. The van der Waals surface area contributed by atoms with Gasteiger partial charge in [0, 0.05) is 26.2 Å². The smallest absolute Gasteiger partial charge is 0.283 e. The fraction of sp³-hybridized carbons (Fsp3) is 0.0526. The minimum atomic E-state index is -5.16. The molecule has 10 heteroatoms. The first-order valence-corrected chi connectivity index (χ1v) is 10.8. The molecule has 0 radical (unpaired) electrons. The summed E-state index contributed by atoms with van der Waals surface area (Å²) in [6, 6.07) is 11.6. The van der Waals surface area contributed by atoms with E-state index in [0.717, 1.165) is 12.1 Å². The topological polar surface area (TPSA) is 94.8 Å². The third-order valence-corrected chi connectivity index (χ3v) is 6.98. The van der Waals surface area contributed by atoms with Crippen LogP contribution in [0.25, 0.3) is 0 Å². The van der Waals surface area contributed by atoms with Gasteiger partial charge in [0.2, 0.25) is 0 Å². The SMILES string of the molecule is O=S(=O)(O)C(c1cccc(Cl)c1)(c1cc(Cl)ccc1O)c1c(Cl)ccc(O)c1Cl. The van der Waals surface area contributed by atoms with E-state index in [9.17, 15) is 23.2 Å². The number of hydrogen-bond acceptors (Lipinski definition) is 4. The molecule has 0 aliphatic heterocycles. The molecule has 3 aromatic rings. The molecule has 3 aromatic carbocycles. The predicted molar refractivity (Wildman–Crippen MR) is 114 cm³/mol. The fourth-order valence-electron chi connectivity index (χ4n) is 3.21. The summed E-state index contributed by atoms with van der Waals surface area (Å²) in [5.74, 6) is -0.995. The maximum atomic E-state index is 13.0. The lowest BCUT2D eigenvalue weighted by atomic mass is 9.83. The number of halogens is 4. The molecule has 0 heterocycles. The largest absolute Gasteiger partial charge is 0.508 e. The van der Waals surface area contributed by atoms with Crippen LogP contribution >= 0.6 is 46.4 Å². The molecule has 0 saturated carbocycles. The van der Waals surface area contributed by atoms with Crippen LogP contribution in [-0.4, -0.2) is 23.2 Å². The molecule has 0 bridgehead atoms. The van der Waals surface area contributed by atoms with Gasteiger partial charge in [0.05, 0.1) is 5.02 Å². The number of rotatable bonds is 4. The molecule has 1 unspecified atom stereocenters. The van der Waals surface area contributed by atoms with Crippen molar-refractivity contribution in [1.82, 2.24) is 0 Å². The third kappa shape index (κ3) is 3.65. The summed E-state index contributed by atoms with van der Waals surface area (Å²) in [4.78, 5) is 0. The second kappa shape index (κ2) is 7.87. The van der Waals surface area contributed by atoms with Crippen LogP contribution in [-0.2, 0) is 14.9 Å². The van der Waals surface area contributed by atoms with E-state index in [1.165, 1.54) is 42.5 Å². The van der Waals surface area contributed by atoms with E-state index in [-0.39, 0.29) is 31.8 Å². The first kappa shape index (κ1) is 22.0. The predicted octanol–water partition coefficient (Wildman–Crippen LogP) is 5.89. The highest BCUT2D eigenvalue weighted by Gasteiger charge is 2.53. The van der Waals surface area contributed by atoms with E-state index in [4.69, 9.17) is 46.4 Å². The number of phenols is 2. The van der Waals surface area contributed by atoms with Gasteiger partial charge in [0.1, 0.15) is 11.5 Å². The van der Waals surface area contributed by atoms with Crippen molar-refractivity contribution in [2.45, 2.75) is 4.75 Å². The lowest BCUT2D eigenvalue weighted by Gasteiger charge is -2.34. The summed E-state index contributed by atoms with van der Waals surface area (Å²) >= 11 is 24.7. The van der Waals surface area contributed by atoms with E-state index in [1.807, 2.05) is 0 Å². The lowest BCUT2D eigenvalue weighted by Crippen LogP contribution is -2.39. The van der Waals surface area contributed by atoms with Gasteiger partial charge in [-0.1, -0.05) is 58.5 Å². The summed E-state index contributed by atoms with van der Waals surface area (Å²) in [5.41, 5.74) is -0.785. The molecule has 0 saturated heterocycles. The molecule has 0 fully saturated rings. The van der Waals surface area contributed by atoms with Gasteiger partial charge in [-0.15, -0.1) is 0 Å². The van der Waals surface area contributed by atoms with Gasteiger partial charge in [-0.3, -0.25) is 4.55 Å². The molecule has 0 amide bonds. The van der Waals surface area contributed by atoms with Gasteiger partial charge in [-0.2, -0.15) is 8.42 Å². The maximum Gasteiger partial charge on any atom is 0.283 e. The van der Waals surface area contributed by atoms with Gasteiger partial charge < -0.3 is 10.2 Å². The molecule has 0 aliphatic rings. The van der Waals surface area contributed by atoms with Crippen LogP contribution in [0.15, 0.2) is 54.6 Å². The van der Waals surface area contributed by atoms with Gasteiger partial charge in [0.25, 0.3) is 10.1 Å². The van der Waals surface area contributed by atoms with Crippen molar-refractivity contribution in [2.75, 3.05) is 0 Å². The molecule has 1 atom stereocenters. The van der Waals surface area contributed by atoms with E-state index >= 15 is 0 Å². The Kier molecular flexibility index (Phi) is 5.98. The van der Waals surface area contributed by atoms with E-state index in [0.29, 0.717) is 0 Å². The van der Waals surface area contributed by atoms with Crippen LogP contribution in [0.2, 0.25) is 20.1 Å².